The summed E-state index contributed by atoms with van der Waals surface area (Å²) in [4.78, 5) is 17.1. The number of likely N-dealkylation sites (N-methyl/N-ethyl adjacent to an activating group) is 1. The molecule has 2 aromatic carbocycles. The van der Waals surface area contributed by atoms with Gasteiger partial charge in [-0.1, -0.05) is 24.3 Å². The molecule has 0 aromatic heterocycles. The summed E-state index contributed by atoms with van der Waals surface area (Å²) in [6.45, 7) is 1.90. The van der Waals surface area contributed by atoms with Crippen LogP contribution < -0.4 is 4.72 Å². The number of benzene rings is 2. The first-order chi connectivity index (χ1) is 15.2. The molecule has 2 aliphatic heterocycles. The van der Waals surface area contributed by atoms with E-state index in [0.717, 1.165) is 23.2 Å². The van der Waals surface area contributed by atoms with Crippen LogP contribution in [0.1, 0.15) is 34.7 Å². The van der Waals surface area contributed by atoms with E-state index < -0.39 is 10.8 Å². The minimum atomic E-state index is -2.84. The Kier molecular flexibility index (Phi) is 6.42. The molecule has 1 fully saturated rings. The SMILES string of the molecule is CN(C(=O)Cc1ccc2c(c1)NS(O)(O)C2)[C@H](CN1CC[C@H](O)C1)c1cccc(C#N)c1. The van der Waals surface area contributed by atoms with Crippen molar-refractivity contribution < 1.29 is 19.0 Å². The van der Waals surface area contributed by atoms with E-state index in [2.05, 4.69) is 15.7 Å². The predicted octanol–water partition coefficient (Wildman–Crippen LogP) is 2.96. The lowest BCUT2D eigenvalue weighted by Gasteiger charge is -2.32. The molecule has 2 heterocycles. The van der Waals surface area contributed by atoms with E-state index in [0.29, 0.717) is 30.8 Å². The number of aliphatic hydroxyl groups excluding tert-OH is 1. The van der Waals surface area contributed by atoms with Gasteiger partial charge in [-0.15, -0.1) is 10.8 Å². The van der Waals surface area contributed by atoms with Crippen molar-refractivity contribution in [1.29, 1.82) is 5.26 Å². The van der Waals surface area contributed by atoms with E-state index in [1.807, 2.05) is 30.3 Å². The monoisotopic (exact) mass is 456 g/mol. The Morgan fingerprint density at radius 2 is 2.16 bits per heavy atom. The molecule has 2 aliphatic rings. The second-order valence-electron chi connectivity index (χ2n) is 8.54. The van der Waals surface area contributed by atoms with E-state index in [9.17, 15) is 24.3 Å². The number of carbonyl (C=O) groups excluding carboxylic acids is 1. The molecule has 32 heavy (non-hydrogen) atoms. The summed E-state index contributed by atoms with van der Waals surface area (Å²) >= 11 is 0. The molecule has 2 atom stereocenters. The fourth-order valence-electron chi connectivity index (χ4n) is 4.35. The van der Waals surface area contributed by atoms with Crippen LogP contribution in [0.15, 0.2) is 42.5 Å². The van der Waals surface area contributed by atoms with Crippen molar-refractivity contribution in [2.24, 2.45) is 0 Å². The summed E-state index contributed by atoms with van der Waals surface area (Å²) < 4.78 is 22.5. The first kappa shape index (κ1) is 22.6. The van der Waals surface area contributed by atoms with Gasteiger partial charge in [0, 0.05) is 26.7 Å². The third-order valence-corrected chi connectivity index (χ3v) is 7.36. The smallest absolute Gasteiger partial charge is 0.227 e. The van der Waals surface area contributed by atoms with Gasteiger partial charge in [-0.05, 0) is 41.3 Å². The third-order valence-electron chi connectivity index (χ3n) is 6.10. The maximum absolute atomic E-state index is 13.2. The van der Waals surface area contributed by atoms with Crippen molar-refractivity contribution in [2.45, 2.75) is 30.7 Å². The van der Waals surface area contributed by atoms with Gasteiger partial charge in [0.25, 0.3) is 0 Å². The Morgan fingerprint density at radius 3 is 2.88 bits per heavy atom. The van der Waals surface area contributed by atoms with Crippen LogP contribution >= 0.6 is 10.8 Å². The van der Waals surface area contributed by atoms with Gasteiger partial charge in [-0.25, -0.2) is 0 Å². The Labute approximate surface area is 189 Å². The van der Waals surface area contributed by atoms with Crippen LogP contribution in [0.5, 0.6) is 0 Å². The number of rotatable bonds is 6. The van der Waals surface area contributed by atoms with Gasteiger partial charge in [-0.3, -0.25) is 23.5 Å². The molecule has 170 valence electrons. The van der Waals surface area contributed by atoms with E-state index >= 15 is 0 Å². The molecule has 9 heteroatoms. The molecule has 8 nitrogen and oxygen atoms in total. The van der Waals surface area contributed by atoms with E-state index in [4.69, 9.17) is 0 Å². The van der Waals surface area contributed by atoms with E-state index in [-0.39, 0.29) is 30.2 Å². The first-order valence-corrected chi connectivity index (χ1v) is 12.3. The molecule has 0 bridgehead atoms. The average molecular weight is 457 g/mol. The number of amides is 1. The zero-order valence-corrected chi connectivity index (χ0v) is 18.8. The lowest BCUT2D eigenvalue weighted by Crippen LogP contribution is -2.39. The number of nitriles is 1. The number of nitrogens with zero attached hydrogens (tertiary/aromatic N) is 3. The molecular formula is C23H28N4O4S. The summed E-state index contributed by atoms with van der Waals surface area (Å²) in [5.74, 6) is 0.0943. The van der Waals surface area contributed by atoms with Crippen LogP contribution in [0.3, 0.4) is 0 Å². The number of β-amino-alcohol motifs (C(OH)–C–C–N with tert-alkyl or cyclic N) is 1. The number of anilines is 1. The second kappa shape index (κ2) is 9.10. The quantitative estimate of drug-likeness (QED) is 0.527. The Hall–Kier alpha value is -2.61. The zero-order chi connectivity index (χ0) is 22.9. The summed E-state index contributed by atoms with van der Waals surface area (Å²) in [7, 11) is -1.07. The topological polar surface area (TPSA) is 120 Å². The highest BCUT2D eigenvalue weighted by Crippen LogP contribution is 2.50. The third kappa shape index (κ3) is 5.06. The molecule has 1 saturated heterocycles. The molecule has 4 N–H and O–H groups in total. The molecule has 0 saturated carbocycles. The number of carbonyl (C=O) groups is 1. The summed E-state index contributed by atoms with van der Waals surface area (Å²) in [6.07, 6.45) is 0.527. The minimum Gasteiger partial charge on any atom is -0.392 e. The standard InChI is InChI=1S/C23H28N4O4S/c1-26(23(29)11-16-5-6-19-15-32(30,31)25-21(19)10-16)22(14-27-8-7-20(28)13-27)18-4-2-3-17(9-18)12-24/h2-6,9-10,20,22,25,28,30-31H,7-8,11,13-15H2,1H3/t20-,22+/m0/s1. The summed E-state index contributed by atoms with van der Waals surface area (Å²) in [5, 5.41) is 19.2. The molecule has 0 unspecified atom stereocenters. The van der Waals surface area contributed by atoms with Gasteiger partial charge in [0.15, 0.2) is 0 Å². The number of hydrogen-bond donors (Lipinski definition) is 4. The first-order valence-electron chi connectivity index (χ1n) is 10.6. The molecule has 0 radical (unpaired) electrons. The number of nitrogens with one attached hydrogen (secondary N) is 1. The fraction of sp³-hybridized carbons (Fsp3) is 0.391. The Balaban J connectivity index is 1.53. The van der Waals surface area contributed by atoms with Crippen LogP contribution in [-0.2, 0) is 17.0 Å². The summed E-state index contributed by atoms with van der Waals surface area (Å²) in [6, 6.07) is 14.7. The van der Waals surface area contributed by atoms with E-state index in [1.165, 1.54) is 0 Å². The average Bonchev–Trinajstić information content (AvgIpc) is 3.31. The Bertz CT molecular complexity index is 1050. The van der Waals surface area contributed by atoms with Gasteiger partial charge in [-0.2, -0.15) is 5.26 Å². The molecule has 0 spiro atoms. The van der Waals surface area contributed by atoms with Crippen molar-refractivity contribution in [1.82, 2.24) is 9.80 Å². The van der Waals surface area contributed by atoms with Crippen LogP contribution in [0, 0.1) is 11.3 Å². The van der Waals surface area contributed by atoms with Crippen molar-refractivity contribution in [3.63, 3.8) is 0 Å². The van der Waals surface area contributed by atoms with Gasteiger partial charge in [0.1, 0.15) is 0 Å². The number of likely N-dealkylation sites (tertiary alicyclic amines) is 1. The minimum absolute atomic E-state index is 0.0818. The Morgan fingerprint density at radius 1 is 1.34 bits per heavy atom. The number of fused-ring (bicyclic) bond motifs is 1. The van der Waals surface area contributed by atoms with Gasteiger partial charge in [0.2, 0.25) is 5.91 Å². The fourth-order valence-corrected chi connectivity index (χ4v) is 5.65. The normalized spacial score (nSPS) is 21.3. The largest absolute Gasteiger partial charge is 0.392 e. The van der Waals surface area contributed by atoms with Crippen molar-refractivity contribution in [3.05, 3.63) is 64.7 Å². The van der Waals surface area contributed by atoms with Crippen LogP contribution in [0.4, 0.5) is 5.69 Å². The van der Waals surface area contributed by atoms with Crippen molar-refractivity contribution in [2.75, 3.05) is 31.4 Å². The highest BCUT2D eigenvalue weighted by Gasteiger charge is 2.29. The maximum Gasteiger partial charge on any atom is 0.227 e. The molecule has 4 rings (SSSR count). The lowest BCUT2D eigenvalue weighted by molar-refractivity contribution is -0.131. The van der Waals surface area contributed by atoms with Crippen molar-refractivity contribution >= 4 is 22.4 Å². The second-order valence-corrected chi connectivity index (χ2v) is 10.4. The van der Waals surface area contributed by atoms with Gasteiger partial charge in [0.05, 0.1) is 41.6 Å². The van der Waals surface area contributed by atoms with E-state index in [1.54, 1.807) is 24.1 Å². The van der Waals surface area contributed by atoms with Crippen LogP contribution in [0.25, 0.3) is 0 Å². The maximum atomic E-state index is 13.2. The molecule has 1 amide bonds. The van der Waals surface area contributed by atoms with Crippen molar-refractivity contribution in [3.8, 4) is 6.07 Å². The predicted molar refractivity (Wildman–Crippen MR) is 124 cm³/mol. The highest BCUT2D eigenvalue weighted by molar-refractivity contribution is 8.25. The number of aliphatic hydroxyl groups is 1. The lowest BCUT2D eigenvalue weighted by atomic mass is 10.0. The molecular weight excluding hydrogens is 428 g/mol. The van der Waals surface area contributed by atoms with Crippen LogP contribution in [-0.4, -0.2) is 62.7 Å². The zero-order valence-electron chi connectivity index (χ0n) is 17.9. The molecule has 2 aromatic rings. The highest BCUT2D eigenvalue weighted by atomic mass is 32.3. The molecule has 0 aliphatic carbocycles. The van der Waals surface area contributed by atoms with Gasteiger partial charge >= 0.3 is 0 Å². The summed E-state index contributed by atoms with van der Waals surface area (Å²) in [5.41, 5.74) is 3.69. The number of hydrogen-bond acceptors (Lipinski definition) is 7. The van der Waals surface area contributed by atoms with Crippen LogP contribution in [0.2, 0.25) is 0 Å². The van der Waals surface area contributed by atoms with Gasteiger partial charge < -0.3 is 10.0 Å².